The summed E-state index contributed by atoms with van der Waals surface area (Å²) in [6.07, 6.45) is -6.85. The van der Waals surface area contributed by atoms with Crippen LogP contribution in [0.3, 0.4) is 0 Å². The van der Waals surface area contributed by atoms with Gasteiger partial charge in [0.2, 0.25) is 0 Å². The molecule has 0 aromatic rings. The first-order valence-corrected chi connectivity index (χ1v) is 6.21. The van der Waals surface area contributed by atoms with Crippen molar-refractivity contribution < 1.29 is 31.4 Å². The smallest absolute Gasteiger partial charge is 0.396 e. The van der Waals surface area contributed by atoms with Crippen LogP contribution in [0.25, 0.3) is 0 Å². The lowest BCUT2D eigenvalue weighted by Crippen LogP contribution is -2.48. The van der Waals surface area contributed by atoms with E-state index in [1.807, 2.05) is 0 Å². The Labute approximate surface area is 108 Å². The van der Waals surface area contributed by atoms with Gasteiger partial charge in [-0.25, -0.2) is 0 Å². The summed E-state index contributed by atoms with van der Waals surface area (Å²) in [5.74, 6) is 0. The van der Waals surface area contributed by atoms with Gasteiger partial charge in [0.25, 0.3) is 0 Å². The number of hydrogen-bond donors (Lipinski definition) is 1. The van der Waals surface area contributed by atoms with Gasteiger partial charge in [0.1, 0.15) is 0 Å². The van der Waals surface area contributed by atoms with Crippen molar-refractivity contribution in [3.63, 3.8) is 0 Å². The van der Waals surface area contributed by atoms with E-state index < -0.39 is 24.0 Å². The highest BCUT2D eigenvalue weighted by molar-refractivity contribution is 4.63. The van der Waals surface area contributed by atoms with Crippen molar-refractivity contribution in [1.29, 1.82) is 0 Å². The summed E-state index contributed by atoms with van der Waals surface area (Å²) in [5, 5.41) is 8.50. The molecule has 0 saturated carbocycles. The maximum Gasteiger partial charge on any atom is 0.467 e. The minimum Gasteiger partial charge on any atom is -0.396 e. The summed E-state index contributed by atoms with van der Waals surface area (Å²) >= 11 is 0. The van der Waals surface area contributed by atoms with Gasteiger partial charge in [0.15, 0.2) is 0 Å². The van der Waals surface area contributed by atoms with E-state index in [0.717, 1.165) is 19.3 Å². The Bertz CT molecular complexity index is 214. The number of aliphatic hydroxyl groups excluding tert-OH is 1. The number of alkyl halides is 6. The molecular formula is C11H19F6NO. The second-order valence-electron chi connectivity index (χ2n) is 4.29. The molecule has 0 unspecified atom stereocenters. The average Bonchev–Trinajstić information content (AvgIpc) is 2.23. The molecule has 0 aliphatic carbocycles. The summed E-state index contributed by atoms with van der Waals surface area (Å²) in [6.45, 7) is -0.949. The third-order valence-electron chi connectivity index (χ3n) is 2.65. The Balaban J connectivity index is 3.78. The maximum atomic E-state index is 12.1. The van der Waals surface area contributed by atoms with Crippen LogP contribution >= 0.6 is 0 Å². The second kappa shape index (κ2) is 8.63. The summed E-state index contributed by atoms with van der Waals surface area (Å²) < 4.78 is 72.7. The van der Waals surface area contributed by atoms with Gasteiger partial charge in [0.05, 0.1) is 0 Å². The van der Waals surface area contributed by atoms with Gasteiger partial charge in [-0.2, -0.15) is 26.3 Å². The monoisotopic (exact) mass is 295 g/mol. The Morgan fingerprint density at radius 3 is 1.37 bits per heavy atom. The van der Waals surface area contributed by atoms with Crippen LogP contribution in [-0.2, 0) is 0 Å². The van der Waals surface area contributed by atoms with Crippen LogP contribution in [0.15, 0.2) is 0 Å². The molecule has 0 aromatic carbocycles. The highest BCUT2D eigenvalue weighted by Gasteiger charge is 2.53. The molecule has 19 heavy (non-hydrogen) atoms. The minimum atomic E-state index is -5.38. The summed E-state index contributed by atoms with van der Waals surface area (Å²) in [4.78, 5) is -1.38. The molecule has 0 spiro atoms. The van der Waals surface area contributed by atoms with Gasteiger partial charge in [-0.1, -0.05) is 32.1 Å². The fourth-order valence-electron chi connectivity index (χ4n) is 1.66. The van der Waals surface area contributed by atoms with E-state index in [0.29, 0.717) is 19.3 Å². The fraction of sp³-hybridized carbons (Fsp3) is 1.00. The minimum absolute atomic E-state index is 0.103. The molecule has 0 atom stereocenters. The Kier molecular flexibility index (Phi) is 8.40. The Morgan fingerprint density at radius 1 is 0.632 bits per heavy atom. The molecule has 0 aromatic heterocycles. The van der Waals surface area contributed by atoms with Crippen molar-refractivity contribution in [3.8, 4) is 0 Å². The number of hydrogen-bond acceptors (Lipinski definition) is 2. The molecule has 0 amide bonds. The third-order valence-corrected chi connectivity index (χ3v) is 2.65. The lowest BCUT2D eigenvalue weighted by molar-refractivity contribution is -0.372. The van der Waals surface area contributed by atoms with Crippen molar-refractivity contribution in [2.24, 2.45) is 0 Å². The van der Waals surface area contributed by atoms with E-state index >= 15 is 0 Å². The lowest BCUT2D eigenvalue weighted by atomic mass is 10.1. The number of halogens is 6. The zero-order valence-electron chi connectivity index (χ0n) is 10.5. The van der Waals surface area contributed by atoms with Gasteiger partial charge in [-0.05, 0) is 12.8 Å². The van der Waals surface area contributed by atoms with Crippen LogP contribution in [0.2, 0.25) is 0 Å². The topological polar surface area (TPSA) is 23.5 Å². The van der Waals surface area contributed by atoms with E-state index in [-0.39, 0.29) is 13.0 Å². The molecule has 0 aliphatic rings. The van der Waals surface area contributed by atoms with Gasteiger partial charge >= 0.3 is 12.6 Å². The molecule has 0 saturated heterocycles. The van der Waals surface area contributed by atoms with E-state index in [4.69, 9.17) is 5.11 Å². The van der Waals surface area contributed by atoms with Crippen LogP contribution in [0.4, 0.5) is 26.3 Å². The molecule has 0 bridgehead atoms. The lowest BCUT2D eigenvalue weighted by Gasteiger charge is -2.26. The van der Waals surface area contributed by atoms with Gasteiger partial charge in [-0.3, -0.25) is 0 Å². The zero-order valence-corrected chi connectivity index (χ0v) is 10.5. The maximum absolute atomic E-state index is 12.1. The zero-order chi connectivity index (χ0) is 14.9. The van der Waals surface area contributed by atoms with Gasteiger partial charge in [-0.15, -0.1) is 4.90 Å². The standard InChI is InChI=1S/C11H19F6NO/c12-10(13,14)18(11(15,16)17)8-6-4-2-1-3-5-7-9-19/h19H,1-9H2. The largest absolute Gasteiger partial charge is 0.467 e. The summed E-state index contributed by atoms with van der Waals surface area (Å²) in [5.41, 5.74) is 0. The number of rotatable bonds is 9. The van der Waals surface area contributed by atoms with Crippen LogP contribution < -0.4 is 0 Å². The summed E-state index contributed by atoms with van der Waals surface area (Å²) in [6, 6.07) is 0. The first kappa shape index (κ1) is 18.5. The molecule has 0 fully saturated rings. The molecule has 0 rings (SSSR count). The average molecular weight is 295 g/mol. The van der Waals surface area contributed by atoms with E-state index in [1.54, 1.807) is 0 Å². The number of nitrogens with zero attached hydrogens (tertiary/aromatic N) is 1. The van der Waals surface area contributed by atoms with Crippen LogP contribution in [-0.4, -0.2) is 35.8 Å². The van der Waals surface area contributed by atoms with Gasteiger partial charge in [0, 0.05) is 13.2 Å². The molecule has 0 aliphatic heterocycles. The van der Waals surface area contributed by atoms with Crippen molar-refractivity contribution >= 4 is 0 Å². The van der Waals surface area contributed by atoms with Gasteiger partial charge < -0.3 is 5.11 Å². The SMILES string of the molecule is OCCCCCCCCCN(C(F)(F)F)C(F)(F)F. The first-order chi connectivity index (χ1) is 8.69. The molecule has 116 valence electrons. The fourth-order valence-corrected chi connectivity index (χ4v) is 1.66. The first-order valence-electron chi connectivity index (χ1n) is 6.21. The normalized spacial score (nSPS) is 13.3. The molecule has 8 heteroatoms. The van der Waals surface area contributed by atoms with Crippen molar-refractivity contribution in [3.05, 3.63) is 0 Å². The predicted octanol–water partition coefficient (Wildman–Crippen LogP) is 4.05. The molecular weight excluding hydrogens is 276 g/mol. The Morgan fingerprint density at radius 2 is 1.00 bits per heavy atom. The summed E-state index contributed by atoms with van der Waals surface area (Å²) in [7, 11) is 0. The van der Waals surface area contributed by atoms with E-state index in [1.165, 1.54) is 0 Å². The third kappa shape index (κ3) is 9.10. The van der Waals surface area contributed by atoms with E-state index in [2.05, 4.69) is 0 Å². The second-order valence-corrected chi connectivity index (χ2v) is 4.29. The Hall–Kier alpha value is -0.500. The molecule has 1 N–H and O–H groups in total. The van der Waals surface area contributed by atoms with Crippen LogP contribution in [0.5, 0.6) is 0 Å². The molecule has 0 heterocycles. The predicted molar refractivity (Wildman–Crippen MR) is 58.2 cm³/mol. The van der Waals surface area contributed by atoms with Crippen molar-refractivity contribution in [2.45, 2.75) is 57.5 Å². The molecule has 2 nitrogen and oxygen atoms in total. The van der Waals surface area contributed by atoms with Crippen molar-refractivity contribution in [1.82, 2.24) is 4.90 Å². The van der Waals surface area contributed by atoms with Crippen LogP contribution in [0.1, 0.15) is 44.9 Å². The number of unbranched alkanes of at least 4 members (excludes halogenated alkanes) is 6. The molecule has 0 radical (unpaired) electrons. The quantitative estimate of drug-likeness (QED) is 0.394. The number of aliphatic hydroxyl groups is 1. The van der Waals surface area contributed by atoms with E-state index in [9.17, 15) is 26.3 Å². The highest BCUT2D eigenvalue weighted by atomic mass is 19.4. The highest BCUT2D eigenvalue weighted by Crippen LogP contribution is 2.33. The van der Waals surface area contributed by atoms with Crippen LogP contribution in [0, 0.1) is 0 Å². The van der Waals surface area contributed by atoms with Crippen molar-refractivity contribution in [2.75, 3.05) is 13.2 Å².